The van der Waals surface area contributed by atoms with Gasteiger partial charge in [-0.15, -0.1) is 11.3 Å². The van der Waals surface area contributed by atoms with E-state index in [1.165, 1.54) is 23.3 Å². The van der Waals surface area contributed by atoms with E-state index in [1.54, 1.807) is 7.11 Å². The Balaban J connectivity index is 1.68. The molecule has 1 fully saturated rings. The maximum atomic E-state index is 13.7. The van der Waals surface area contributed by atoms with Gasteiger partial charge in [-0.3, -0.25) is 4.79 Å². The molecule has 5 nitrogen and oxygen atoms in total. The number of anilines is 1. The molecule has 2 N–H and O–H groups in total. The molecule has 1 saturated heterocycles. The molecule has 1 atom stereocenters. The third-order valence-electron chi connectivity index (χ3n) is 7.00. The van der Waals surface area contributed by atoms with Crippen molar-refractivity contribution in [1.82, 2.24) is 9.88 Å². The van der Waals surface area contributed by atoms with Gasteiger partial charge in [0, 0.05) is 23.5 Å². The van der Waals surface area contributed by atoms with Gasteiger partial charge < -0.3 is 15.4 Å². The number of aryl methyl sites for hydroxylation is 1. The molecule has 1 aliphatic rings. The first-order valence-corrected chi connectivity index (χ1v) is 13.1. The Bertz CT molecular complexity index is 1360. The van der Waals surface area contributed by atoms with Crippen molar-refractivity contribution in [2.45, 2.75) is 45.6 Å². The van der Waals surface area contributed by atoms with Gasteiger partial charge in [0.15, 0.2) is 0 Å². The van der Waals surface area contributed by atoms with E-state index in [0.29, 0.717) is 10.6 Å². The summed E-state index contributed by atoms with van der Waals surface area (Å²) in [4.78, 5) is 22.1. The molecule has 35 heavy (non-hydrogen) atoms. The topological polar surface area (TPSA) is 68.5 Å². The van der Waals surface area contributed by atoms with E-state index in [2.05, 4.69) is 44.2 Å². The fourth-order valence-electron chi connectivity index (χ4n) is 4.97. The predicted molar refractivity (Wildman–Crippen MR) is 145 cm³/mol. The summed E-state index contributed by atoms with van der Waals surface area (Å²) in [5.74, 6) is 0.840. The van der Waals surface area contributed by atoms with Gasteiger partial charge in [0.05, 0.1) is 18.5 Å². The van der Waals surface area contributed by atoms with Crippen LogP contribution in [0.5, 0.6) is 5.75 Å². The lowest BCUT2D eigenvalue weighted by Crippen LogP contribution is -2.43. The molecule has 3 heterocycles. The number of ether oxygens (including phenoxy) is 1. The van der Waals surface area contributed by atoms with Crippen molar-refractivity contribution in [1.29, 1.82) is 0 Å². The number of pyridine rings is 1. The number of aromatic nitrogens is 1. The Labute approximate surface area is 210 Å². The molecule has 2 aromatic carbocycles. The summed E-state index contributed by atoms with van der Waals surface area (Å²) in [5, 5.41) is 0.865. The Morgan fingerprint density at radius 3 is 2.51 bits per heavy atom. The third kappa shape index (κ3) is 4.39. The number of fused-ring (bicyclic) bond motifs is 1. The highest BCUT2D eigenvalue weighted by molar-refractivity contribution is 7.21. The molecular formula is C29H31N3O2S. The number of nitrogens with zero attached hydrogens (tertiary/aromatic N) is 2. The first kappa shape index (κ1) is 23.4. The van der Waals surface area contributed by atoms with Gasteiger partial charge in [-0.1, -0.05) is 36.8 Å². The van der Waals surface area contributed by atoms with Crippen LogP contribution in [0.2, 0.25) is 0 Å². The van der Waals surface area contributed by atoms with Crippen LogP contribution in [0.15, 0.2) is 54.6 Å². The number of nitrogens with two attached hydrogens (primary N) is 1. The van der Waals surface area contributed by atoms with Crippen LogP contribution in [-0.2, 0) is 0 Å². The number of carbonyl (C=O) groups excluding carboxylic acids is 1. The summed E-state index contributed by atoms with van der Waals surface area (Å²) >= 11 is 1.41. The van der Waals surface area contributed by atoms with Crippen molar-refractivity contribution in [2.75, 3.05) is 19.4 Å². The SMILES string of the molecule is CCC1CCCCN1C(=O)c1sc2nc(-c3ccc(OC)cc3)cc(-c3ccc(C)cc3)c2c1N. The minimum Gasteiger partial charge on any atom is -0.497 e. The lowest BCUT2D eigenvalue weighted by molar-refractivity contribution is 0.0614. The fraction of sp³-hybridized carbons (Fsp3) is 0.310. The zero-order chi connectivity index (χ0) is 24.5. The molecule has 0 bridgehead atoms. The smallest absolute Gasteiger partial charge is 0.266 e. The van der Waals surface area contributed by atoms with Gasteiger partial charge in [-0.05, 0) is 74.1 Å². The van der Waals surface area contributed by atoms with Crippen LogP contribution in [0.4, 0.5) is 5.69 Å². The number of hydrogen-bond donors (Lipinski definition) is 1. The van der Waals surface area contributed by atoms with Crippen LogP contribution in [0.1, 0.15) is 47.8 Å². The molecule has 5 rings (SSSR count). The van der Waals surface area contributed by atoms with Crippen molar-refractivity contribution in [3.05, 3.63) is 65.0 Å². The zero-order valence-corrected chi connectivity index (χ0v) is 21.3. The zero-order valence-electron chi connectivity index (χ0n) is 20.5. The molecular weight excluding hydrogens is 454 g/mol. The summed E-state index contributed by atoms with van der Waals surface area (Å²) in [6, 6.07) is 18.7. The number of likely N-dealkylation sites (tertiary alicyclic amines) is 1. The first-order chi connectivity index (χ1) is 17.0. The number of nitrogen functional groups attached to an aromatic ring is 1. The van der Waals surface area contributed by atoms with Crippen LogP contribution in [-0.4, -0.2) is 35.5 Å². The van der Waals surface area contributed by atoms with Crippen molar-refractivity contribution < 1.29 is 9.53 Å². The molecule has 0 spiro atoms. The van der Waals surface area contributed by atoms with Crippen molar-refractivity contribution in [3.8, 4) is 28.1 Å². The number of rotatable bonds is 5. The fourth-order valence-corrected chi connectivity index (χ4v) is 6.05. The second-order valence-corrected chi connectivity index (χ2v) is 10.2. The Morgan fingerprint density at radius 1 is 1.11 bits per heavy atom. The van der Waals surface area contributed by atoms with Gasteiger partial charge in [-0.25, -0.2) is 4.98 Å². The number of methoxy groups -OCH3 is 1. The molecule has 180 valence electrons. The normalized spacial score (nSPS) is 16.0. The maximum Gasteiger partial charge on any atom is 0.266 e. The van der Waals surface area contributed by atoms with Crippen molar-refractivity contribution >= 4 is 33.1 Å². The Morgan fingerprint density at radius 2 is 1.83 bits per heavy atom. The van der Waals surface area contributed by atoms with E-state index >= 15 is 0 Å². The number of piperidine rings is 1. The van der Waals surface area contributed by atoms with Crippen LogP contribution >= 0.6 is 11.3 Å². The van der Waals surface area contributed by atoms with Gasteiger partial charge in [0.2, 0.25) is 0 Å². The minimum atomic E-state index is 0.0397. The van der Waals surface area contributed by atoms with Crippen LogP contribution in [0.3, 0.4) is 0 Å². The predicted octanol–water partition coefficient (Wildman–Crippen LogP) is 6.93. The van der Waals surface area contributed by atoms with E-state index in [1.807, 2.05) is 29.2 Å². The molecule has 6 heteroatoms. The molecule has 1 amide bonds. The van der Waals surface area contributed by atoms with E-state index in [0.717, 1.165) is 64.2 Å². The molecule has 0 aliphatic carbocycles. The van der Waals surface area contributed by atoms with E-state index in [9.17, 15) is 4.79 Å². The molecule has 0 radical (unpaired) electrons. The Hall–Kier alpha value is -3.38. The standard InChI is InChI=1S/C29H31N3O2S/c1-4-21-7-5-6-16-32(21)29(33)27-26(30)25-23(19-10-8-18(2)9-11-19)17-24(31-28(25)35-27)20-12-14-22(34-3)15-13-20/h8-15,17,21H,4-7,16,30H2,1-3H3. The van der Waals surface area contributed by atoms with Gasteiger partial charge in [0.25, 0.3) is 5.91 Å². The lowest BCUT2D eigenvalue weighted by atomic mass is 9.98. The summed E-state index contributed by atoms with van der Waals surface area (Å²) < 4.78 is 5.32. The highest BCUT2D eigenvalue weighted by Crippen LogP contribution is 2.42. The van der Waals surface area contributed by atoms with E-state index < -0.39 is 0 Å². The van der Waals surface area contributed by atoms with E-state index in [4.69, 9.17) is 15.5 Å². The molecule has 1 unspecified atom stereocenters. The number of benzene rings is 2. The van der Waals surface area contributed by atoms with E-state index in [-0.39, 0.29) is 11.9 Å². The number of carbonyl (C=O) groups is 1. The van der Waals surface area contributed by atoms with Crippen molar-refractivity contribution in [2.24, 2.45) is 0 Å². The largest absolute Gasteiger partial charge is 0.497 e. The summed E-state index contributed by atoms with van der Waals surface area (Å²) in [6.07, 6.45) is 4.24. The van der Waals surface area contributed by atoms with Gasteiger partial charge >= 0.3 is 0 Å². The molecule has 2 aromatic heterocycles. The first-order valence-electron chi connectivity index (χ1n) is 12.3. The maximum absolute atomic E-state index is 13.7. The van der Waals surface area contributed by atoms with Gasteiger partial charge in [-0.2, -0.15) is 0 Å². The quantitative estimate of drug-likeness (QED) is 0.333. The third-order valence-corrected chi connectivity index (χ3v) is 8.09. The number of amides is 1. The molecule has 4 aromatic rings. The number of thiophene rings is 1. The van der Waals surface area contributed by atoms with Crippen LogP contribution < -0.4 is 10.5 Å². The summed E-state index contributed by atoms with van der Waals surface area (Å²) in [7, 11) is 1.66. The molecule has 1 aliphatic heterocycles. The lowest BCUT2D eigenvalue weighted by Gasteiger charge is -2.35. The Kier molecular flexibility index (Phi) is 6.48. The summed E-state index contributed by atoms with van der Waals surface area (Å²) in [6.45, 7) is 5.02. The highest BCUT2D eigenvalue weighted by atomic mass is 32.1. The highest BCUT2D eigenvalue weighted by Gasteiger charge is 2.30. The second kappa shape index (κ2) is 9.70. The second-order valence-electron chi connectivity index (χ2n) is 9.23. The monoisotopic (exact) mass is 485 g/mol. The molecule has 0 saturated carbocycles. The summed E-state index contributed by atoms with van der Waals surface area (Å²) in [5.41, 5.74) is 12.4. The van der Waals surface area contributed by atoms with Crippen molar-refractivity contribution in [3.63, 3.8) is 0 Å². The van der Waals surface area contributed by atoms with Crippen LogP contribution in [0.25, 0.3) is 32.6 Å². The average molecular weight is 486 g/mol. The number of hydrogen-bond acceptors (Lipinski definition) is 5. The minimum absolute atomic E-state index is 0.0397. The van der Waals surface area contributed by atoms with Crippen LogP contribution in [0, 0.1) is 6.92 Å². The van der Waals surface area contributed by atoms with Gasteiger partial charge in [0.1, 0.15) is 15.5 Å². The average Bonchev–Trinajstić information content (AvgIpc) is 3.24.